The van der Waals surface area contributed by atoms with E-state index in [0.717, 1.165) is 12.1 Å². The molecule has 0 aliphatic rings. The molecule has 0 aliphatic heterocycles. The van der Waals surface area contributed by atoms with Gasteiger partial charge in [-0.15, -0.1) is 0 Å². The maximum atomic E-state index is 5.96. The van der Waals surface area contributed by atoms with Crippen LogP contribution < -0.4 is 11.1 Å². The van der Waals surface area contributed by atoms with Crippen molar-refractivity contribution in [2.24, 2.45) is 12.8 Å². The van der Waals surface area contributed by atoms with Crippen molar-refractivity contribution >= 4 is 0 Å². The van der Waals surface area contributed by atoms with Crippen molar-refractivity contribution in [3.05, 3.63) is 53.3 Å². The lowest BCUT2D eigenvalue weighted by atomic mass is 10.0. The van der Waals surface area contributed by atoms with Gasteiger partial charge in [-0.05, 0) is 18.9 Å². The molecule has 0 saturated heterocycles. The summed E-state index contributed by atoms with van der Waals surface area (Å²) in [5.41, 5.74) is 9.57. The fourth-order valence-electron chi connectivity index (χ4n) is 2.54. The second-order valence-electron chi connectivity index (χ2n) is 5.15. The summed E-state index contributed by atoms with van der Waals surface area (Å²) in [4.78, 5) is 0. The Kier molecular flexibility index (Phi) is 4.93. The molecule has 2 unspecified atom stereocenters. The molecule has 0 aliphatic carbocycles. The molecule has 108 valence electrons. The number of benzene rings is 1. The lowest BCUT2D eigenvalue weighted by Crippen LogP contribution is -2.30. The van der Waals surface area contributed by atoms with Gasteiger partial charge in [0.15, 0.2) is 0 Å². The first-order valence-corrected chi connectivity index (χ1v) is 7.19. The van der Waals surface area contributed by atoms with E-state index in [2.05, 4.69) is 54.7 Å². The van der Waals surface area contributed by atoms with Gasteiger partial charge in [-0.3, -0.25) is 4.68 Å². The average Bonchev–Trinajstić information content (AvgIpc) is 2.86. The van der Waals surface area contributed by atoms with Crippen molar-refractivity contribution < 1.29 is 0 Å². The first kappa shape index (κ1) is 14.8. The van der Waals surface area contributed by atoms with Crippen LogP contribution in [0.25, 0.3) is 0 Å². The normalized spacial score (nSPS) is 14.2. The third-order valence-electron chi connectivity index (χ3n) is 3.63. The predicted molar refractivity (Wildman–Crippen MR) is 82.4 cm³/mol. The Labute approximate surface area is 121 Å². The van der Waals surface area contributed by atoms with Crippen LogP contribution in [0.15, 0.2) is 36.5 Å². The van der Waals surface area contributed by atoms with E-state index in [9.17, 15) is 0 Å². The van der Waals surface area contributed by atoms with Crippen molar-refractivity contribution in [1.82, 2.24) is 15.1 Å². The molecule has 0 saturated carbocycles. The zero-order chi connectivity index (χ0) is 14.5. The van der Waals surface area contributed by atoms with Crippen molar-refractivity contribution in [2.75, 3.05) is 6.54 Å². The fourth-order valence-corrected chi connectivity index (χ4v) is 2.54. The average molecular weight is 272 g/mol. The molecular formula is C16H24N4. The molecular weight excluding hydrogens is 248 g/mol. The standard InChI is InChI=1S/C16H24N4/c1-4-15-14(11-20(3)19-15)16(10-17)18-12(2)13-8-6-5-7-9-13/h5-9,11-12,16,18H,4,10,17H2,1-3H3. The molecule has 20 heavy (non-hydrogen) atoms. The van der Waals surface area contributed by atoms with Crippen LogP contribution in [0.1, 0.15) is 42.8 Å². The molecule has 0 radical (unpaired) electrons. The van der Waals surface area contributed by atoms with E-state index in [1.54, 1.807) is 0 Å². The van der Waals surface area contributed by atoms with Crippen molar-refractivity contribution in [2.45, 2.75) is 32.4 Å². The Balaban J connectivity index is 2.16. The van der Waals surface area contributed by atoms with Gasteiger partial charge >= 0.3 is 0 Å². The van der Waals surface area contributed by atoms with Crippen LogP contribution in [0.3, 0.4) is 0 Å². The lowest BCUT2D eigenvalue weighted by Gasteiger charge is -2.22. The van der Waals surface area contributed by atoms with Gasteiger partial charge in [0, 0.05) is 37.4 Å². The van der Waals surface area contributed by atoms with Crippen LogP contribution in [0.2, 0.25) is 0 Å². The number of nitrogens with two attached hydrogens (primary N) is 1. The van der Waals surface area contributed by atoms with E-state index >= 15 is 0 Å². The molecule has 0 bridgehead atoms. The number of rotatable bonds is 6. The van der Waals surface area contributed by atoms with E-state index < -0.39 is 0 Å². The molecule has 2 atom stereocenters. The first-order chi connectivity index (χ1) is 9.65. The Morgan fingerprint density at radius 3 is 2.60 bits per heavy atom. The smallest absolute Gasteiger partial charge is 0.0670 e. The zero-order valence-electron chi connectivity index (χ0n) is 12.5. The van der Waals surface area contributed by atoms with E-state index in [4.69, 9.17) is 5.73 Å². The summed E-state index contributed by atoms with van der Waals surface area (Å²) in [6.07, 6.45) is 3.00. The van der Waals surface area contributed by atoms with Crippen molar-refractivity contribution in [3.63, 3.8) is 0 Å². The van der Waals surface area contributed by atoms with Crippen molar-refractivity contribution in [1.29, 1.82) is 0 Å². The SMILES string of the molecule is CCc1nn(C)cc1C(CN)NC(C)c1ccccc1. The van der Waals surface area contributed by atoms with Gasteiger partial charge < -0.3 is 11.1 Å². The molecule has 2 rings (SSSR count). The molecule has 4 heteroatoms. The van der Waals surface area contributed by atoms with Crippen molar-refractivity contribution in [3.8, 4) is 0 Å². The number of hydrogen-bond donors (Lipinski definition) is 2. The Morgan fingerprint density at radius 2 is 2.00 bits per heavy atom. The van der Waals surface area contributed by atoms with E-state index in [-0.39, 0.29) is 12.1 Å². The highest BCUT2D eigenvalue weighted by atomic mass is 15.3. The largest absolute Gasteiger partial charge is 0.329 e. The third kappa shape index (κ3) is 3.26. The van der Waals surface area contributed by atoms with Gasteiger partial charge in [0.2, 0.25) is 0 Å². The number of nitrogens with zero attached hydrogens (tertiary/aromatic N) is 2. The number of nitrogens with one attached hydrogen (secondary N) is 1. The second kappa shape index (κ2) is 6.68. The minimum absolute atomic E-state index is 0.133. The molecule has 1 heterocycles. The summed E-state index contributed by atoms with van der Waals surface area (Å²) >= 11 is 0. The van der Waals surface area contributed by atoms with E-state index in [1.807, 2.05) is 17.8 Å². The van der Waals surface area contributed by atoms with Gasteiger partial charge in [-0.25, -0.2) is 0 Å². The minimum atomic E-state index is 0.133. The van der Waals surface area contributed by atoms with Gasteiger partial charge in [-0.2, -0.15) is 5.10 Å². The van der Waals surface area contributed by atoms with E-state index in [0.29, 0.717) is 6.54 Å². The minimum Gasteiger partial charge on any atom is -0.329 e. The summed E-state index contributed by atoms with van der Waals surface area (Å²) in [7, 11) is 1.96. The summed E-state index contributed by atoms with van der Waals surface area (Å²) in [6.45, 7) is 4.86. The van der Waals surface area contributed by atoms with Crippen LogP contribution in [0.4, 0.5) is 0 Å². The third-order valence-corrected chi connectivity index (χ3v) is 3.63. The predicted octanol–water partition coefficient (Wildman–Crippen LogP) is 2.33. The lowest BCUT2D eigenvalue weighted by molar-refractivity contribution is 0.471. The summed E-state index contributed by atoms with van der Waals surface area (Å²) in [6, 6.07) is 10.8. The number of aromatic nitrogens is 2. The molecule has 0 spiro atoms. The Morgan fingerprint density at radius 1 is 1.30 bits per heavy atom. The summed E-state index contributed by atoms with van der Waals surface area (Å²) in [5, 5.41) is 8.11. The summed E-state index contributed by atoms with van der Waals surface area (Å²) in [5.74, 6) is 0. The quantitative estimate of drug-likeness (QED) is 0.848. The fraction of sp³-hybridized carbons (Fsp3) is 0.438. The van der Waals surface area contributed by atoms with Gasteiger partial charge in [-0.1, -0.05) is 37.3 Å². The molecule has 0 amide bonds. The van der Waals surface area contributed by atoms with Gasteiger partial charge in [0.25, 0.3) is 0 Å². The number of aryl methyl sites for hydroxylation is 2. The topological polar surface area (TPSA) is 55.9 Å². The maximum absolute atomic E-state index is 5.96. The highest BCUT2D eigenvalue weighted by Crippen LogP contribution is 2.21. The zero-order valence-corrected chi connectivity index (χ0v) is 12.5. The van der Waals surface area contributed by atoms with E-state index in [1.165, 1.54) is 11.1 Å². The van der Waals surface area contributed by atoms with Crippen LogP contribution in [-0.4, -0.2) is 16.3 Å². The monoisotopic (exact) mass is 272 g/mol. The first-order valence-electron chi connectivity index (χ1n) is 7.19. The molecule has 1 aromatic carbocycles. The van der Waals surface area contributed by atoms with Crippen LogP contribution in [0, 0.1) is 0 Å². The highest BCUT2D eigenvalue weighted by molar-refractivity contribution is 5.24. The summed E-state index contributed by atoms with van der Waals surface area (Å²) < 4.78 is 1.87. The molecule has 4 nitrogen and oxygen atoms in total. The Bertz CT molecular complexity index is 533. The van der Waals surface area contributed by atoms with Gasteiger partial charge in [0.1, 0.15) is 0 Å². The molecule has 3 N–H and O–H groups in total. The number of hydrogen-bond acceptors (Lipinski definition) is 3. The maximum Gasteiger partial charge on any atom is 0.0670 e. The molecule has 0 fully saturated rings. The molecule has 2 aromatic rings. The van der Waals surface area contributed by atoms with Crippen LogP contribution in [0.5, 0.6) is 0 Å². The van der Waals surface area contributed by atoms with Crippen LogP contribution in [-0.2, 0) is 13.5 Å². The van der Waals surface area contributed by atoms with Gasteiger partial charge in [0.05, 0.1) is 5.69 Å². The Hall–Kier alpha value is -1.65. The van der Waals surface area contributed by atoms with Crippen LogP contribution >= 0.6 is 0 Å². The highest BCUT2D eigenvalue weighted by Gasteiger charge is 2.18. The molecule has 1 aromatic heterocycles. The second-order valence-corrected chi connectivity index (χ2v) is 5.15.